The molecule has 0 fully saturated rings. The predicted molar refractivity (Wildman–Crippen MR) is 21.3 cm³/mol. The van der Waals surface area contributed by atoms with Crippen LogP contribution in [0.1, 0.15) is 6.92 Å². The molecule has 42 valence electrons. The van der Waals surface area contributed by atoms with E-state index in [1.54, 1.807) is 6.08 Å². The number of carbonyl (C=O) groups is 1. The number of carboxylic acid groups (broad SMARTS) is 2. The van der Waals surface area contributed by atoms with Gasteiger partial charge in [0, 0.05) is 0 Å². The van der Waals surface area contributed by atoms with Crippen LogP contribution in [-0.2, 0) is 0 Å². The molecule has 0 atom stereocenters. The molecule has 0 aliphatic heterocycles. The molecule has 0 aromatic heterocycles. The predicted octanol–water partition coefficient (Wildman–Crippen LogP) is -4.25. The van der Waals surface area contributed by atoms with Crippen LogP contribution in [0.25, 0.3) is 0 Å². The molecule has 0 heterocycles. The van der Waals surface area contributed by atoms with Gasteiger partial charge in [0.05, 0.1) is 0 Å². The van der Waals surface area contributed by atoms with Gasteiger partial charge in [0.15, 0.2) is 0 Å². The molecule has 0 aromatic carbocycles. The first-order chi connectivity index (χ1) is 3.15. The summed E-state index contributed by atoms with van der Waals surface area (Å²) in [6.07, 6.45) is -0.583. The van der Waals surface area contributed by atoms with E-state index in [9.17, 15) is 0 Å². The molecule has 0 aliphatic rings. The van der Waals surface area contributed by atoms with Crippen LogP contribution in [0.4, 0.5) is 4.79 Å². The Kier molecular flexibility index (Phi) is 31.2. The summed E-state index contributed by atoms with van der Waals surface area (Å²) in [4.78, 5) is 8.33. The Morgan fingerprint density at radius 2 is 1.62 bits per heavy atom. The Labute approximate surface area is 60.2 Å². The standard InChI is InChI=1S/C3H6.CH2O3.Li/c1-3-2;2-1(3)4;/h3H,1H2,2H3;(H2,2,3,4);/q;;+1/p-2. The maximum Gasteiger partial charge on any atom is 1.00 e. The summed E-state index contributed by atoms with van der Waals surface area (Å²) in [7, 11) is 0. The molecule has 4 heteroatoms. The zero-order chi connectivity index (χ0) is 6.28. The first-order valence-corrected chi connectivity index (χ1v) is 1.60. The molecule has 0 radical (unpaired) electrons. The van der Waals surface area contributed by atoms with Crippen LogP contribution in [0.5, 0.6) is 0 Å². The maximum atomic E-state index is 8.33. The van der Waals surface area contributed by atoms with Crippen molar-refractivity contribution in [2.45, 2.75) is 6.92 Å². The molecular weight excluding hydrogens is 103 g/mol. The normalized spacial score (nSPS) is 4.62. The molecule has 0 unspecified atom stereocenters. The average molecular weight is 109 g/mol. The van der Waals surface area contributed by atoms with Crippen molar-refractivity contribution in [1.29, 1.82) is 0 Å². The van der Waals surface area contributed by atoms with Crippen molar-refractivity contribution in [3.63, 3.8) is 0 Å². The Hall–Kier alpha value is -0.393. The fourth-order valence-corrected chi connectivity index (χ4v) is 0. The fraction of sp³-hybridized carbons (Fsp3) is 0.250. The van der Waals surface area contributed by atoms with Crippen molar-refractivity contribution in [1.82, 2.24) is 0 Å². The van der Waals surface area contributed by atoms with E-state index in [4.69, 9.17) is 15.0 Å². The van der Waals surface area contributed by atoms with Crippen molar-refractivity contribution in [2.75, 3.05) is 0 Å². The third-order valence-electron chi connectivity index (χ3n) is 0. The van der Waals surface area contributed by atoms with Crippen molar-refractivity contribution in [3.8, 4) is 0 Å². The van der Waals surface area contributed by atoms with Gasteiger partial charge in [0.1, 0.15) is 0 Å². The van der Waals surface area contributed by atoms with Gasteiger partial charge in [-0.1, -0.05) is 6.08 Å². The van der Waals surface area contributed by atoms with Gasteiger partial charge in [-0.25, -0.2) is 0 Å². The summed E-state index contributed by atoms with van der Waals surface area (Å²) in [5.74, 6) is 0. The van der Waals surface area contributed by atoms with Crippen molar-refractivity contribution in [3.05, 3.63) is 12.7 Å². The second-order valence-corrected chi connectivity index (χ2v) is 0.658. The Morgan fingerprint density at radius 3 is 1.62 bits per heavy atom. The first-order valence-electron chi connectivity index (χ1n) is 1.60. The van der Waals surface area contributed by atoms with Gasteiger partial charge in [-0.05, 0) is 13.1 Å². The van der Waals surface area contributed by atoms with Crippen LogP contribution in [0.2, 0.25) is 0 Å². The third kappa shape index (κ3) is 772. The quantitative estimate of drug-likeness (QED) is 0.234. The smallest absolute Gasteiger partial charge is 0.652 e. The van der Waals surface area contributed by atoms with E-state index in [2.05, 4.69) is 6.58 Å². The van der Waals surface area contributed by atoms with Gasteiger partial charge in [-0.3, -0.25) is 0 Å². The van der Waals surface area contributed by atoms with Gasteiger partial charge in [0.2, 0.25) is 0 Å². The molecule has 0 aromatic rings. The van der Waals surface area contributed by atoms with Gasteiger partial charge >= 0.3 is 18.9 Å². The van der Waals surface area contributed by atoms with Crippen molar-refractivity contribution in [2.24, 2.45) is 0 Å². The van der Waals surface area contributed by atoms with Crippen LogP contribution < -0.4 is 29.1 Å². The Morgan fingerprint density at radius 1 is 1.62 bits per heavy atom. The van der Waals surface area contributed by atoms with E-state index in [1.165, 1.54) is 0 Å². The van der Waals surface area contributed by atoms with Gasteiger partial charge < -0.3 is 15.0 Å². The summed E-state index contributed by atoms with van der Waals surface area (Å²) in [6, 6.07) is 0. The van der Waals surface area contributed by atoms with E-state index in [0.29, 0.717) is 0 Å². The molecule has 0 saturated carbocycles. The van der Waals surface area contributed by atoms with E-state index >= 15 is 0 Å². The summed E-state index contributed by atoms with van der Waals surface area (Å²) in [5, 5.41) is 16.7. The second kappa shape index (κ2) is 16.0. The topological polar surface area (TPSA) is 63.2 Å². The van der Waals surface area contributed by atoms with E-state index < -0.39 is 6.16 Å². The zero-order valence-electron chi connectivity index (χ0n) is 5.01. The minimum Gasteiger partial charge on any atom is -0.652 e. The Balaban J connectivity index is -0.0000000575. The largest absolute Gasteiger partial charge is 1.00 e. The Bertz CT molecular complexity index is 58.3. The summed E-state index contributed by atoms with van der Waals surface area (Å²) < 4.78 is 0. The molecule has 0 spiro atoms. The van der Waals surface area contributed by atoms with Crippen LogP contribution in [0.15, 0.2) is 12.7 Å². The van der Waals surface area contributed by atoms with E-state index in [-0.39, 0.29) is 18.9 Å². The zero-order valence-corrected chi connectivity index (χ0v) is 5.01. The molecular formula is C4H6LiO3-. The first kappa shape index (κ1) is 15.6. The molecule has 0 rings (SSSR count). The SMILES string of the molecule is C=CC.O=C([O-])[O-].[Li+]. The van der Waals surface area contributed by atoms with Crippen molar-refractivity contribution >= 4 is 6.16 Å². The van der Waals surface area contributed by atoms with Gasteiger partial charge in [0.25, 0.3) is 0 Å². The number of allylic oxidation sites excluding steroid dienone is 1. The minimum absolute atomic E-state index is 0. The van der Waals surface area contributed by atoms with Crippen LogP contribution >= 0.6 is 0 Å². The monoisotopic (exact) mass is 109 g/mol. The molecule has 3 nitrogen and oxygen atoms in total. The molecule has 0 saturated heterocycles. The van der Waals surface area contributed by atoms with E-state index in [0.717, 1.165) is 0 Å². The molecule has 0 bridgehead atoms. The molecule has 0 aliphatic carbocycles. The molecule has 0 amide bonds. The van der Waals surface area contributed by atoms with Crippen LogP contribution in [-0.4, -0.2) is 6.16 Å². The average Bonchev–Trinajstić information content (AvgIpc) is 1.33. The number of hydrogen-bond acceptors (Lipinski definition) is 3. The summed E-state index contributed by atoms with van der Waals surface area (Å²) >= 11 is 0. The minimum atomic E-state index is -2.33. The summed E-state index contributed by atoms with van der Waals surface area (Å²) in [5.41, 5.74) is 0. The fourth-order valence-electron chi connectivity index (χ4n) is 0. The molecule has 8 heavy (non-hydrogen) atoms. The molecule has 0 N–H and O–H groups in total. The third-order valence-corrected chi connectivity index (χ3v) is 0. The summed E-state index contributed by atoms with van der Waals surface area (Å²) in [6.45, 7) is 5.25. The van der Waals surface area contributed by atoms with Crippen molar-refractivity contribution < 1.29 is 33.9 Å². The van der Waals surface area contributed by atoms with Crippen LogP contribution in [0, 0.1) is 0 Å². The van der Waals surface area contributed by atoms with Gasteiger partial charge in [-0.2, -0.15) is 0 Å². The number of carbonyl (C=O) groups excluding carboxylic acids is 1. The maximum absolute atomic E-state index is 8.33. The van der Waals surface area contributed by atoms with Gasteiger partial charge in [-0.15, -0.1) is 6.58 Å². The van der Waals surface area contributed by atoms with E-state index in [1.807, 2.05) is 6.92 Å². The number of hydrogen-bond donors (Lipinski definition) is 0. The van der Waals surface area contributed by atoms with Crippen LogP contribution in [0.3, 0.4) is 0 Å². The second-order valence-electron chi connectivity index (χ2n) is 0.658. The number of rotatable bonds is 0.